The van der Waals surface area contributed by atoms with Crippen molar-refractivity contribution in [1.82, 2.24) is 0 Å². The van der Waals surface area contributed by atoms with Crippen LogP contribution in [0.15, 0.2) is 40.7 Å². The molecule has 1 aliphatic rings. The molecular weight excluding hydrogens is 316 g/mol. The van der Waals surface area contributed by atoms with Crippen molar-refractivity contribution < 1.29 is 33.8 Å². The summed E-state index contributed by atoms with van der Waals surface area (Å²) in [4.78, 5) is 5.93. The number of hydrogen-bond acceptors (Lipinski definition) is 6. The molecule has 0 amide bonds. The number of hydrogen-bond donors (Lipinski definition) is 2. The molecule has 0 spiro atoms. The van der Waals surface area contributed by atoms with Crippen LogP contribution >= 0.6 is 11.8 Å². The van der Waals surface area contributed by atoms with Crippen molar-refractivity contribution in [3.05, 3.63) is 41.3 Å². The Hall–Kier alpha value is -0.930. The van der Waals surface area contributed by atoms with E-state index in [0.29, 0.717) is 0 Å². The summed E-state index contributed by atoms with van der Waals surface area (Å²) in [6.45, 7) is 6.19. The molecule has 21 heavy (non-hydrogen) atoms. The lowest BCUT2D eigenvalue weighted by Gasteiger charge is -2.13. The smallest absolute Gasteiger partial charge is 0.247 e. The topological polar surface area (TPSA) is 106 Å². The van der Waals surface area contributed by atoms with E-state index in [4.69, 9.17) is 18.6 Å². The van der Waals surface area contributed by atoms with Gasteiger partial charge in [0.1, 0.15) is 0 Å². The van der Waals surface area contributed by atoms with E-state index in [-0.39, 0.29) is 0 Å². The fourth-order valence-electron chi connectivity index (χ4n) is 1.85. The quantitative estimate of drug-likeness (QED) is 0.658. The molecule has 1 aromatic carbocycles. The largest absolute Gasteiger partial charge is 0.267 e. The number of amidine groups is 1. The molecule has 116 valence electrons. The van der Waals surface area contributed by atoms with Crippen molar-refractivity contribution in [1.29, 1.82) is 0 Å². The summed E-state index contributed by atoms with van der Waals surface area (Å²) in [5, 5.41) is 3.42. The third kappa shape index (κ3) is 6.58. The minimum absolute atomic E-state index is 0.863. The Balaban J connectivity index is 0.000000383. The number of benzene rings is 1. The van der Waals surface area contributed by atoms with Crippen molar-refractivity contribution in [3.63, 3.8) is 0 Å². The molecule has 0 fully saturated rings. The summed E-state index contributed by atoms with van der Waals surface area (Å²) in [7, 11) is -4.69. The van der Waals surface area contributed by atoms with E-state index < -0.39 is 10.2 Å². The molecule has 0 saturated heterocycles. The number of aliphatic imine (C=N–C) groups is 1. The SMILES string of the molecule is CCN=C1SC=C(c2ccccc2)[NH+]1CC.[O-][Cl+3]([O-])([O-])O. The first-order chi connectivity index (χ1) is 9.86. The van der Waals surface area contributed by atoms with E-state index in [2.05, 4.69) is 54.6 Å². The van der Waals surface area contributed by atoms with Gasteiger partial charge in [0.2, 0.25) is 0 Å². The van der Waals surface area contributed by atoms with Crippen molar-refractivity contribution >= 4 is 22.6 Å². The van der Waals surface area contributed by atoms with E-state index in [1.54, 1.807) is 11.8 Å². The predicted molar refractivity (Wildman–Crippen MR) is 73.7 cm³/mol. The van der Waals surface area contributed by atoms with Gasteiger partial charge in [0, 0.05) is 17.5 Å². The Morgan fingerprint density at radius 1 is 1.19 bits per heavy atom. The highest BCUT2D eigenvalue weighted by atomic mass is 35.7. The summed E-state index contributed by atoms with van der Waals surface area (Å²) in [5.41, 5.74) is 2.65. The van der Waals surface area contributed by atoms with E-state index >= 15 is 0 Å². The Bertz CT molecular complexity index is 497. The molecular formula is C13H18ClN2O4S+. The van der Waals surface area contributed by atoms with Crippen LogP contribution in [-0.4, -0.2) is 22.9 Å². The summed E-state index contributed by atoms with van der Waals surface area (Å²) < 4.78 is 32.7. The second kappa shape index (κ2) is 8.50. The van der Waals surface area contributed by atoms with Crippen molar-refractivity contribution in [2.75, 3.05) is 13.1 Å². The molecule has 2 rings (SSSR count). The lowest BCUT2D eigenvalue weighted by Crippen LogP contribution is -3.10. The summed E-state index contributed by atoms with van der Waals surface area (Å²) in [6, 6.07) is 10.6. The van der Waals surface area contributed by atoms with E-state index in [0.717, 1.165) is 13.1 Å². The first-order valence-corrected chi connectivity index (χ1v) is 8.47. The van der Waals surface area contributed by atoms with Gasteiger partial charge in [0.05, 0.1) is 21.4 Å². The van der Waals surface area contributed by atoms with Crippen LogP contribution in [-0.2, 0) is 0 Å². The minimum atomic E-state index is -4.69. The lowest BCUT2D eigenvalue weighted by molar-refractivity contribution is -1.92. The minimum Gasteiger partial charge on any atom is -0.247 e. The lowest BCUT2D eigenvalue weighted by atomic mass is 10.1. The van der Waals surface area contributed by atoms with Crippen LogP contribution < -0.4 is 18.9 Å². The van der Waals surface area contributed by atoms with Crippen molar-refractivity contribution in [2.45, 2.75) is 13.8 Å². The summed E-state index contributed by atoms with van der Waals surface area (Å²) in [6.07, 6.45) is 0. The third-order valence-electron chi connectivity index (χ3n) is 2.61. The highest BCUT2D eigenvalue weighted by Gasteiger charge is 2.28. The van der Waals surface area contributed by atoms with E-state index in [1.807, 2.05) is 0 Å². The van der Waals surface area contributed by atoms with Crippen LogP contribution in [0, 0.1) is 10.2 Å². The van der Waals surface area contributed by atoms with Crippen molar-refractivity contribution in [3.8, 4) is 0 Å². The van der Waals surface area contributed by atoms with Gasteiger partial charge in [-0.25, -0.2) is 9.89 Å². The van der Waals surface area contributed by atoms with Crippen LogP contribution in [0.5, 0.6) is 0 Å². The number of thioether (sulfide) groups is 1. The molecule has 2 N–H and O–H groups in total. The van der Waals surface area contributed by atoms with Gasteiger partial charge >= 0.3 is 0 Å². The highest BCUT2D eigenvalue weighted by molar-refractivity contribution is 8.16. The first-order valence-electron chi connectivity index (χ1n) is 6.33. The zero-order valence-electron chi connectivity index (χ0n) is 11.8. The number of rotatable bonds is 3. The molecule has 1 aromatic rings. The van der Waals surface area contributed by atoms with Gasteiger partial charge in [-0.2, -0.15) is 14.0 Å². The molecule has 6 nitrogen and oxygen atoms in total. The maximum absolute atomic E-state index is 8.60. The second-order valence-corrected chi connectivity index (χ2v) is 5.67. The van der Waals surface area contributed by atoms with Gasteiger partial charge in [-0.15, -0.1) is 0 Å². The molecule has 0 aromatic heterocycles. The zero-order chi connectivity index (χ0) is 15.9. The molecule has 1 atom stereocenters. The zero-order valence-corrected chi connectivity index (χ0v) is 13.4. The monoisotopic (exact) mass is 333 g/mol. The number of nitrogens with zero attached hydrogens (tertiary/aromatic N) is 1. The fraction of sp³-hybridized carbons (Fsp3) is 0.308. The Labute approximate surface area is 130 Å². The third-order valence-corrected chi connectivity index (χ3v) is 3.56. The molecule has 0 bridgehead atoms. The van der Waals surface area contributed by atoms with Gasteiger partial charge in [0.15, 0.2) is 5.70 Å². The van der Waals surface area contributed by atoms with Crippen LogP contribution in [0.2, 0.25) is 0 Å². The van der Waals surface area contributed by atoms with Crippen LogP contribution in [0.1, 0.15) is 19.4 Å². The van der Waals surface area contributed by atoms with Gasteiger partial charge in [-0.05, 0) is 37.7 Å². The molecule has 1 unspecified atom stereocenters. The first kappa shape index (κ1) is 18.1. The normalized spacial score (nSPS) is 20.0. The fourth-order valence-corrected chi connectivity index (χ4v) is 2.96. The number of nitrogens with one attached hydrogen (secondary N) is 1. The average molecular weight is 334 g/mol. The maximum atomic E-state index is 8.60. The second-order valence-electron chi connectivity index (χ2n) is 4.02. The number of quaternary nitrogens is 1. The van der Waals surface area contributed by atoms with E-state index in [9.17, 15) is 0 Å². The molecule has 1 heterocycles. The Morgan fingerprint density at radius 2 is 1.76 bits per heavy atom. The van der Waals surface area contributed by atoms with Crippen molar-refractivity contribution in [2.24, 2.45) is 4.99 Å². The van der Waals surface area contributed by atoms with Crippen LogP contribution in [0.4, 0.5) is 0 Å². The number of halogens is 1. The molecule has 8 heteroatoms. The molecule has 0 saturated carbocycles. The summed E-state index contributed by atoms with van der Waals surface area (Å²) in [5.74, 6) is 0. The standard InChI is InChI=1S/C13H16N2S.ClHO4/c1-3-14-13-15(4-2)12(10-16-13)11-8-6-5-7-9-11;2-1(3,4)5/h5-10H,3-4H2,1-2H3;(H,2,3,4,5)/p+1. The van der Waals surface area contributed by atoms with Gasteiger partial charge < -0.3 is 0 Å². The predicted octanol–water partition coefficient (Wildman–Crippen LogP) is -2.11. The Kier molecular flexibility index (Phi) is 7.33. The molecule has 0 aliphatic carbocycles. The van der Waals surface area contributed by atoms with Crippen LogP contribution in [0.25, 0.3) is 5.70 Å². The highest BCUT2D eigenvalue weighted by Crippen LogP contribution is 2.19. The molecule has 1 aliphatic heterocycles. The Morgan fingerprint density at radius 3 is 2.24 bits per heavy atom. The van der Waals surface area contributed by atoms with Gasteiger partial charge in [-0.1, -0.05) is 18.2 Å². The average Bonchev–Trinajstić information content (AvgIpc) is 2.81. The molecule has 0 radical (unpaired) electrons. The maximum Gasteiger partial charge on any atom is 0.267 e. The van der Waals surface area contributed by atoms with E-state index in [1.165, 1.54) is 21.3 Å². The van der Waals surface area contributed by atoms with Crippen LogP contribution in [0.3, 0.4) is 0 Å². The summed E-state index contributed by atoms with van der Waals surface area (Å²) >= 11 is 1.75. The van der Waals surface area contributed by atoms with Gasteiger partial charge in [-0.3, -0.25) is 0 Å². The van der Waals surface area contributed by atoms with Gasteiger partial charge in [0.25, 0.3) is 5.17 Å².